The summed E-state index contributed by atoms with van der Waals surface area (Å²) in [5.74, 6) is 0.469. The van der Waals surface area contributed by atoms with Crippen LogP contribution in [0.15, 0.2) is 30.3 Å². The van der Waals surface area contributed by atoms with Gasteiger partial charge in [0.05, 0.1) is 6.61 Å². The lowest BCUT2D eigenvalue weighted by molar-refractivity contribution is -0.192. The molecule has 0 saturated carbocycles. The summed E-state index contributed by atoms with van der Waals surface area (Å²) in [5.41, 5.74) is 0. The average molecular weight is 192 g/mol. The van der Waals surface area contributed by atoms with E-state index in [0.29, 0.717) is 0 Å². The van der Waals surface area contributed by atoms with E-state index in [1.165, 1.54) is 6.42 Å². The molecule has 1 atom stereocenters. The average Bonchev–Trinajstić information content (AvgIpc) is 2.19. The van der Waals surface area contributed by atoms with E-state index in [9.17, 15) is 0 Å². The van der Waals surface area contributed by atoms with Crippen molar-refractivity contribution in [2.24, 2.45) is 0 Å². The number of para-hydroxylation sites is 1. The first-order chi connectivity index (χ1) is 6.79. The molecule has 1 saturated heterocycles. The highest BCUT2D eigenvalue weighted by molar-refractivity contribution is 5.21. The monoisotopic (exact) mass is 192 g/mol. The van der Waals surface area contributed by atoms with Crippen LogP contribution in [0.25, 0.3) is 0 Å². The van der Waals surface area contributed by atoms with Crippen LogP contribution in [0, 0.1) is 0 Å². The predicted molar refractivity (Wildman–Crippen MR) is 55.3 cm³/mol. The van der Waals surface area contributed by atoms with Crippen molar-refractivity contribution in [3.05, 3.63) is 30.3 Å². The van der Waals surface area contributed by atoms with E-state index in [4.69, 9.17) is 9.47 Å². The molecule has 0 N–H and O–H groups in total. The molecule has 0 amide bonds. The van der Waals surface area contributed by atoms with Gasteiger partial charge >= 0.3 is 0 Å². The minimum Gasteiger partial charge on any atom is -0.463 e. The molecule has 1 unspecified atom stereocenters. The van der Waals surface area contributed by atoms with Crippen LogP contribution in [0.3, 0.4) is 0 Å². The van der Waals surface area contributed by atoms with Crippen molar-refractivity contribution in [3.8, 4) is 5.75 Å². The van der Waals surface area contributed by atoms with Crippen molar-refractivity contribution < 1.29 is 9.47 Å². The van der Waals surface area contributed by atoms with E-state index in [2.05, 4.69) is 0 Å². The normalized spacial score (nSPS) is 27.2. The largest absolute Gasteiger partial charge is 0.463 e. The van der Waals surface area contributed by atoms with Crippen LogP contribution >= 0.6 is 0 Å². The van der Waals surface area contributed by atoms with E-state index in [1.54, 1.807) is 0 Å². The second kappa shape index (κ2) is 4.01. The van der Waals surface area contributed by atoms with Crippen molar-refractivity contribution in [1.29, 1.82) is 0 Å². The molecule has 1 aliphatic rings. The third-order valence-corrected chi connectivity index (χ3v) is 2.51. The second-order valence-electron chi connectivity index (χ2n) is 3.85. The number of rotatable bonds is 2. The number of hydrogen-bond donors (Lipinski definition) is 0. The van der Waals surface area contributed by atoms with Crippen molar-refractivity contribution in [1.82, 2.24) is 0 Å². The molecule has 1 fully saturated rings. The van der Waals surface area contributed by atoms with Crippen molar-refractivity contribution in [2.75, 3.05) is 6.61 Å². The van der Waals surface area contributed by atoms with Gasteiger partial charge in [0, 0.05) is 13.3 Å². The molecule has 0 aliphatic carbocycles. The molecule has 1 aliphatic heterocycles. The van der Waals surface area contributed by atoms with Gasteiger partial charge in [0.25, 0.3) is 0 Å². The zero-order valence-corrected chi connectivity index (χ0v) is 8.53. The molecule has 1 aromatic rings. The summed E-state index contributed by atoms with van der Waals surface area (Å²) in [5, 5.41) is 0. The molecule has 2 nitrogen and oxygen atoms in total. The fourth-order valence-corrected chi connectivity index (χ4v) is 1.73. The molecule has 0 radical (unpaired) electrons. The predicted octanol–water partition coefficient (Wildman–Crippen LogP) is 2.98. The van der Waals surface area contributed by atoms with E-state index in [1.807, 2.05) is 37.3 Å². The van der Waals surface area contributed by atoms with E-state index in [-0.39, 0.29) is 0 Å². The highest BCUT2D eigenvalue weighted by Crippen LogP contribution is 2.27. The minimum atomic E-state index is -0.417. The zero-order valence-electron chi connectivity index (χ0n) is 8.53. The fraction of sp³-hybridized carbons (Fsp3) is 0.500. The van der Waals surface area contributed by atoms with E-state index in [0.717, 1.165) is 25.2 Å². The third kappa shape index (κ3) is 2.26. The highest BCUT2D eigenvalue weighted by atomic mass is 16.7. The van der Waals surface area contributed by atoms with Gasteiger partial charge in [-0.2, -0.15) is 0 Å². The van der Waals surface area contributed by atoms with Gasteiger partial charge < -0.3 is 9.47 Å². The van der Waals surface area contributed by atoms with Crippen LogP contribution in [0.1, 0.15) is 26.2 Å². The smallest absolute Gasteiger partial charge is 0.207 e. The molecule has 2 heteroatoms. The van der Waals surface area contributed by atoms with Crippen molar-refractivity contribution in [2.45, 2.75) is 32.0 Å². The molecular weight excluding hydrogens is 176 g/mol. The Morgan fingerprint density at radius 1 is 1.21 bits per heavy atom. The Kier molecular flexibility index (Phi) is 2.73. The maximum atomic E-state index is 5.82. The number of benzene rings is 1. The molecule has 76 valence electrons. The Morgan fingerprint density at radius 2 is 2.00 bits per heavy atom. The Balaban J connectivity index is 2.02. The molecule has 1 aromatic carbocycles. The summed E-state index contributed by atoms with van der Waals surface area (Å²) in [6.07, 6.45) is 3.30. The topological polar surface area (TPSA) is 18.5 Å². The van der Waals surface area contributed by atoms with Gasteiger partial charge in [-0.25, -0.2) is 0 Å². The van der Waals surface area contributed by atoms with Crippen LogP contribution in [-0.4, -0.2) is 12.4 Å². The Labute approximate surface area is 84.8 Å². The Hall–Kier alpha value is -1.02. The molecule has 2 rings (SSSR count). The fourth-order valence-electron chi connectivity index (χ4n) is 1.73. The number of hydrogen-bond acceptors (Lipinski definition) is 2. The summed E-state index contributed by atoms with van der Waals surface area (Å²) in [6, 6.07) is 9.85. The van der Waals surface area contributed by atoms with Gasteiger partial charge in [0.2, 0.25) is 5.79 Å². The first kappa shape index (κ1) is 9.53. The van der Waals surface area contributed by atoms with Crippen LogP contribution in [0.2, 0.25) is 0 Å². The molecule has 0 bridgehead atoms. The van der Waals surface area contributed by atoms with Gasteiger partial charge in [0.15, 0.2) is 0 Å². The van der Waals surface area contributed by atoms with Gasteiger partial charge in [0.1, 0.15) is 5.75 Å². The number of ether oxygens (including phenoxy) is 2. The summed E-state index contributed by atoms with van der Waals surface area (Å²) in [4.78, 5) is 0. The molecule has 14 heavy (non-hydrogen) atoms. The van der Waals surface area contributed by atoms with Crippen LogP contribution < -0.4 is 4.74 Å². The van der Waals surface area contributed by atoms with Crippen LogP contribution in [0.5, 0.6) is 5.75 Å². The SMILES string of the molecule is CC1(Oc2ccccc2)CCCCO1. The van der Waals surface area contributed by atoms with Gasteiger partial charge in [-0.1, -0.05) is 18.2 Å². The lowest BCUT2D eigenvalue weighted by atomic mass is 10.1. The summed E-state index contributed by atoms with van der Waals surface area (Å²) >= 11 is 0. The standard InChI is InChI=1S/C12H16O2/c1-12(9-5-6-10-13-12)14-11-7-3-2-4-8-11/h2-4,7-8H,5-6,9-10H2,1H3. The van der Waals surface area contributed by atoms with E-state index >= 15 is 0 Å². The maximum absolute atomic E-state index is 5.82. The van der Waals surface area contributed by atoms with Crippen molar-refractivity contribution in [3.63, 3.8) is 0 Å². The lowest BCUT2D eigenvalue weighted by Crippen LogP contribution is -2.38. The molecule has 0 spiro atoms. The first-order valence-corrected chi connectivity index (χ1v) is 5.17. The summed E-state index contributed by atoms with van der Waals surface area (Å²) < 4.78 is 11.5. The van der Waals surface area contributed by atoms with Crippen LogP contribution in [-0.2, 0) is 4.74 Å². The highest BCUT2D eigenvalue weighted by Gasteiger charge is 2.29. The Bertz CT molecular complexity index is 276. The van der Waals surface area contributed by atoms with Crippen molar-refractivity contribution >= 4 is 0 Å². The zero-order chi connectivity index (χ0) is 9.86. The summed E-state index contributed by atoms with van der Waals surface area (Å²) in [7, 11) is 0. The van der Waals surface area contributed by atoms with E-state index < -0.39 is 5.79 Å². The summed E-state index contributed by atoms with van der Waals surface area (Å²) in [6.45, 7) is 2.82. The van der Waals surface area contributed by atoms with Gasteiger partial charge in [-0.05, 0) is 25.0 Å². The maximum Gasteiger partial charge on any atom is 0.207 e. The molecule has 0 aromatic heterocycles. The second-order valence-corrected chi connectivity index (χ2v) is 3.85. The first-order valence-electron chi connectivity index (χ1n) is 5.17. The third-order valence-electron chi connectivity index (χ3n) is 2.51. The lowest BCUT2D eigenvalue weighted by Gasteiger charge is -2.34. The van der Waals surface area contributed by atoms with Gasteiger partial charge in [-0.3, -0.25) is 0 Å². The van der Waals surface area contributed by atoms with Crippen LogP contribution in [0.4, 0.5) is 0 Å². The molecular formula is C12H16O2. The minimum absolute atomic E-state index is 0.417. The van der Waals surface area contributed by atoms with Gasteiger partial charge in [-0.15, -0.1) is 0 Å². The molecule has 1 heterocycles. The Morgan fingerprint density at radius 3 is 2.64 bits per heavy atom. The quantitative estimate of drug-likeness (QED) is 0.717.